The molecule has 5 rings (SSSR count). The normalized spacial score (nSPS) is 14.2. The predicted molar refractivity (Wildman–Crippen MR) is 123 cm³/mol. The average molecular weight is 453 g/mol. The Bertz CT molecular complexity index is 1250. The molecule has 1 aromatic carbocycles. The number of ether oxygens (including phenoxy) is 2. The number of rotatable bonds is 6. The van der Waals surface area contributed by atoms with Crippen LogP contribution < -0.4 is 20.3 Å². The van der Waals surface area contributed by atoms with Crippen molar-refractivity contribution in [2.45, 2.75) is 19.9 Å². The molecular weight excluding hydrogens is 428 g/mol. The third-order valence-electron chi connectivity index (χ3n) is 5.51. The van der Waals surface area contributed by atoms with Gasteiger partial charge in [0.15, 0.2) is 16.5 Å². The van der Waals surface area contributed by atoms with Crippen molar-refractivity contribution >= 4 is 22.2 Å². The summed E-state index contributed by atoms with van der Waals surface area (Å²) in [5, 5.41) is 13.2. The first-order valence-corrected chi connectivity index (χ1v) is 11.3. The fourth-order valence-corrected chi connectivity index (χ4v) is 4.51. The van der Waals surface area contributed by atoms with Gasteiger partial charge in [-0.2, -0.15) is 0 Å². The number of benzene rings is 1. The van der Waals surface area contributed by atoms with Gasteiger partial charge >= 0.3 is 0 Å². The van der Waals surface area contributed by atoms with Gasteiger partial charge in [-0.05, 0) is 30.2 Å². The van der Waals surface area contributed by atoms with Gasteiger partial charge in [-0.3, -0.25) is 9.41 Å². The second kappa shape index (κ2) is 8.38. The van der Waals surface area contributed by atoms with Gasteiger partial charge in [-0.1, -0.05) is 13.8 Å². The lowest BCUT2D eigenvalue weighted by atomic mass is 10.1. The van der Waals surface area contributed by atoms with Crippen LogP contribution in [-0.4, -0.2) is 50.3 Å². The highest BCUT2D eigenvalue weighted by molar-refractivity contribution is 7.15. The van der Waals surface area contributed by atoms with E-state index in [1.54, 1.807) is 17.5 Å². The maximum atomic E-state index is 9.77. The Labute approximate surface area is 189 Å². The number of nitrogens with zero attached hydrogens (tertiary/aromatic N) is 5. The number of nitrogens with two attached hydrogens (primary N) is 1. The molecule has 32 heavy (non-hydrogen) atoms. The lowest BCUT2D eigenvalue weighted by Crippen LogP contribution is -2.47. The van der Waals surface area contributed by atoms with Crippen molar-refractivity contribution in [3.05, 3.63) is 42.0 Å². The van der Waals surface area contributed by atoms with Crippen LogP contribution in [0.4, 0.5) is 5.95 Å². The van der Waals surface area contributed by atoms with E-state index in [-0.39, 0.29) is 18.6 Å². The Balaban J connectivity index is 1.62. The van der Waals surface area contributed by atoms with E-state index in [1.807, 2.05) is 54.1 Å². The SMILES string of the molecule is CC(C)[C@@H](CO)N(N)c1nccc(-c2c(-c3ccc4c(c3)OCCO4)nc3sccn23)n1. The van der Waals surface area contributed by atoms with Crippen LogP contribution in [0.3, 0.4) is 0 Å². The third kappa shape index (κ3) is 3.56. The van der Waals surface area contributed by atoms with E-state index in [2.05, 4.69) is 4.98 Å². The molecule has 1 aliphatic heterocycles. The maximum Gasteiger partial charge on any atom is 0.240 e. The Hall–Kier alpha value is -3.21. The van der Waals surface area contributed by atoms with Crippen LogP contribution in [0.5, 0.6) is 11.5 Å². The molecule has 0 saturated heterocycles. The predicted octanol–water partition coefficient (Wildman–Crippen LogP) is 2.99. The Morgan fingerprint density at radius 1 is 1.19 bits per heavy atom. The zero-order valence-corrected chi connectivity index (χ0v) is 18.6. The van der Waals surface area contributed by atoms with Crippen molar-refractivity contribution < 1.29 is 14.6 Å². The monoisotopic (exact) mass is 452 g/mol. The summed E-state index contributed by atoms with van der Waals surface area (Å²) in [7, 11) is 0. The minimum absolute atomic E-state index is 0.0916. The highest BCUT2D eigenvalue weighted by Crippen LogP contribution is 2.38. The number of fused-ring (bicyclic) bond motifs is 2. The van der Waals surface area contributed by atoms with E-state index in [1.165, 1.54) is 5.01 Å². The number of aromatic nitrogens is 4. The first-order chi connectivity index (χ1) is 15.6. The summed E-state index contributed by atoms with van der Waals surface area (Å²) in [5.74, 6) is 8.19. The van der Waals surface area contributed by atoms with Gasteiger partial charge in [-0.25, -0.2) is 20.8 Å². The Morgan fingerprint density at radius 2 is 2.00 bits per heavy atom. The molecule has 9 nitrogen and oxygen atoms in total. The number of imidazole rings is 1. The maximum absolute atomic E-state index is 9.77. The summed E-state index contributed by atoms with van der Waals surface area (Å²) < 4.78 is 13.4. The number of anilines is 1. The molecule has 0 bridgehead atoms. The van der Waals surface area contributed by atoms with Gasteiger partial charge in [0.2, 0.25) is 5.95 Å². The van der Waals surface area contributed by atoms with Crippen LogP contribution >= 0.6 is 11.3 Å². The molecule has 4 heterocycles. The molecule has 0 fully saturated rings. The molecule has 3 aromatic heterocycles. The minimum atomic E-state index is -0.297. The number of hydrazine groups is 1. The standard InChI is InChI=1S/C22H24N6O3S/c1-13(2)16(12-29)28(23)21-24-6-5-15(25-21)20-19(26-22-27(20)7-10-32-22)14-3-4-17-18(11-14)31-9-8-30-17/h3-7,10-11,13,16,29H,8-9,12,23H2,1-2H3/t16-/m1/s1. The van der Waals surface area contributed by atoms with Gasteiger partial charge in [0.1, 0.15) is 18.9 Å². The van der Waals surface area contributed by atoms with Crippen LogP contribution in [-0.2, 0) is 0 Å². The molecule has 166 valence electrons. The molecule has 0 aliphatic carbocycles. The van der Waals surface area contributed by atoms with Crippen molar-refractivity contribution in [2.75, 3.05) is 24.8 Å². The van der Waals surface area contributed by atoms with Crippen LogP contribution in [0.25, 0.3) is 27.6 Å². The molecule has 0 spiro atoms. The molecular formula is C22H24N6O3S. The Kier molecular flexibility index (Phi) is 5.41. The molecule has 10 heteroatoms. The third-order valence-corrected chi connectivity index (χ3v) is 6.26. The van der Waals surface area contributed by atoms with E-state index in [0.29, 0.717) is 30.6 Å². The zero-order chi connectivity index (χ0) is 22.2. The van der Waals surface area contributed by atoms with Crippen LogP contribution in [0.1, 0.15) is 13.8 Å². The zero-order valence-electron chi connectivity index (χ0n) is 17.8. The molecule has 1 atom stereocenters. The molecule has 0 saturated carbocycles. The Morgan fingerprint density at radius 3 is 2.78 bits per heavy atom. The van der Waals surface area contributed by atoms with Gasteiger partial charge < -0.3 is 14.6 Å². The molecule has 3 N–H and O–H groups in total. The second-order valence-electron chi connectivity index (χ2n) is 7.87. The van der Waals surface area contributed by atoms with Crippen molar-refractivity contribution in [2.24, 2.45) is 11.8 Å². The summed E-state index contributed by atoms with van der Waals surface area (Å²) in [6.07, 6.45) is 3.64. The van der Waals surface area contributed by atoms with E-state index in [4.69, 9.17) is 25.3 Å². The summed E-state index contributed by atoms with van der Waals surface area (Å²) in [6.45, 7) is 4.96. The lowest BCUT2D eigenvalue weighted by Gasteiger charge is -2.28. The van der Waals surface area contributed by atoms with E-state index < -0.39 is 0 Å². The fraction of sp³-hybridized carbons (Fsp3) is 0.318. The second-order valence-corrected chi connectivity index (χ2v) is 8.74. The van der Waals surface area contributed by atoms with Crippen LogP contribution in [0, 0.1) is 5.92 Å². The van der Waals surface area contributed by atoms with Gasteiger partial charge in [-0.15, -0.1) is 11.3 Å². The summed E-state index contributed by atoms with van der Waals surface area (Å²) in [4.78, 5) is 14.8. The summed E-state index contributed by atoms with van der Waals surface area (Å²) in [5.41, 5.74) is 3.20. The number of hydrogen-bond acceptors (Lipinski definition) is 9. The van der Waals surface area contributed by atoms with Crippen LogP contribution in [0.15, 0.2) is 42.0 Å². The average Bonchev–Trinajstić information content (AvgIpc) is 3.40. The van der Waals surface area contributed by atoms with Crippen LogP contribution in [0.2, 0.25) is 0 Å². The highest BCUT2D eigenvalue weighted by Gasteiger charge is 2.24. The number of hydrogen-bond donors (Lipinski definition) is 2. The lowest BCUT2D eigenvalue weighted by molar-refractivity contribution is 0.171. The van der Waals surface area contributed by atoms with Crippen molar-refractivity contribution in [3.8, 4) is 34.1 Å². The van der Waals surface area contributed by atoms with E-state index in [0.717, 1.165) is 27.7 Å². The van der Waals surface area contributed by atoms with Crippen molar-refractivity contribution in [3.63, 3.8) is 0 Å². The largest absolute Gasteiger partial charge is 0.486 e. The van der Waals surface area contributed by atoms with Gasteiger partial charge in [0.05, 0.1) is 24.0 Å². The first-order valence-electron chi connectivity index (χ1n) is 10.4. The molecule has 1 aliphatic rings. The topological polar surface area (TPSA) is 111 Å². The first kappa shape index (κ1) is 20.7. The fourth-order valence-electron chi connectivity index (χ4n) is 3.80. The molecule has 0 radical (unpaired) electrons. The van der Waals surface area contributed by atoms with Crippen molar-refractivity contribution in [1.29, 1.82) is 0 Å². The minimum Gasteiger partial charge on any atom is -0.486 e. The van der Waals surface area contributed by atoms with E-state index in [9.17, 15) is 5.11 Å². The summed E-state index contributed by atoms with van der Waals surface area (Å²) in [6, 6.07) is 7.37. The smallest absolute Gasteiger partial charge is 0.240 e. The van der Waals surface area contributed by atoms with Crippen molar-refractivity contribution in [1.82, 2.24) is 19.4 Å². The van der Waals surface area contributed by atoms with E-state index >= 15 is 0 Å². The highest BCUT2D eigenvalue weighted by atomic mass is 32.1. The molecule has 4 aromatic rings. The number of aliphatic hydroxyl groups is 1. The van der Waals surface area contributed by atoms with Gasteiger partial charge in [0, 0.05) is 23.3 Å². The number of thiazole rings is 1. The number of aliphatic hydroxyl groups excluding tert-OH is 1. The summed E-state index contributed by atoms with van der Waals surface area (Å²) >= 11 is 1.55. The quantitative estimate of drug-likeness (QED) is 0.339. The molecule has 0 amide bonds. The van der Waals surface area contributed by atoms with Gasteiger partial charge in [0.25, 0.3) is 0 Å². The molecule has 0 unspecified atom stereocenters.